The number of hydrogen-bond donors (Lipinski definition) is 5. The second-order valence-corrected chi connectivity index (χ2v) is 19.8. The summed E-state index contributed by atoms with van der Waals surface area (Å²) in [5.74, 6) is -5.57. The van der Waals surface area contributed by atoms with Crippen LogP contribution in [0.4, 0.5) is 0 Å². The molecule has 3 heterocycles. The summed E-state index contributed by atoms with van der Waals surface area (Å²) in [5.41, 5.74) is -5.13. The van der Waals surface area contributed by atoms with E-state index < -0.39 is 130 Å². The molecule has 18 atom stereocenters. The molecule has 3 saturated heterocycles. The predicted octanol–water partition coefficient (Wildman–Crippen LogP) is 2.54. The van der Waals surface area contributed by atoms with Crippen molar-refractivity contribution in [3.63, 3.8) is 0 Å². The highest BCUT2D eigenvalue weighted by Crippen LogP contribution is 2.41. The van der Waals surface area contributed by atoms with Crippen LogP contribution in [0.5, 0.6) is 0 Å². The minimum Gasteiger partial charge on any atom is -0.459 e. The van der Waals surface area contributed by atoms with E-state index in [0.717, 1.165) is 4.31 Å². The lowest BCUT2D eigenvalue weighted by atomic mass is 9.74. The van der Waals surface area contributed by atoms with Crippen LogP contribution in [0.1, 0.15) is 94.9 Å². The number of benzene rings is 1. The summed E-state index contributed by atoms with van der Waals surface area (Å²) in [6.45, 7) is 15.7. The van der Waals surface area contributed by atoms with Crippen molar-refractivity contribution in [1.82, 2.24) is 4.31 Å². The fourth-order valence-electron chi connectivity index (χ4n) is 9.19. The van der Waals surface area contributed by atoms with Gasteiger partial charge < -0.3 is 54.0 Å². The molecule has 1 aromatic carbocycles. The fraction of sp³-hybridized carbons (Fsp3) is 0.810. The van der Waals surface area contributed by atoms with Gasteiger partial charge in [0.25, 0.3) is 0 Å². The molecule has 59 heavy (non-hydrogen) atoms. The number of carbonyl (C=O) groups is 2. The Morgan fingerprint density at radius 1 is 0.881 bits per heavy atom. The van der Waals surface area contributed by atoms with Crippen molar-refractivity contribution in [3.8, 4) is 0 Å². The highest BCUT2D eigenvalue weighted by Gasteiger charge is 2.54. The standard InChI is InChI=1S/C42H69NO15S/c1-13-30-42(10,50)35(46)24(4)32(44)22(2)20-40(8,49)37(25(5)34(26(6)38(48)56-30)57-31-21-41(9,53-12)36(47)27(7)55-31)58-39-33(45)29(19-23(3)54-39)43(11)59(51,52)28-17-15-14-16-18-28/h14-18,22-27,29-31,33-37,39,45-47,49-50H,13,19-21H2,1-12H3/t22-,23-,24-,25+,26-,27+,29+,30+,31+,33-,34-,35-,36+,37-,39+,40-,41-,42-/m1/s1. The number of Topliss-reactive ketones (excluding diaryl/α,β-unsaturated/α-hetero) is 1. The summed E-state index contributed by atoms with van der Waals surface area (Å²) in [4.78, 5) is 28.2. The van der Waals surface area contributed by atoms with Crippen molar-refractivity contribution in [3.05, 3.63) is 30.3 Å². The van der Waals surface area contributed by atoms with Crippen LogP contribution in [0.2, 0.25) is 0 Å². The smallest absolute Gasteiger partial charge is 0.311 e. The monoisotopic (exact) mass is 859 g/mol. The summed E-state index contributed by atoms with van der Waals surface area (Å²) >= 11 is 0. The van der Waals surface area contributed by atoms with Crippen molar-refractivity contribution in [2.75, 3.05) is 14.2 Å². The van der Waals surface area contributed by atoms with Gasteiger partial charge in [0.1, 0.15) is 29.7 Å². The van der Waals surface area contributed by atoms with E-state index in [9.17, 15) is 43.5 Å². The van der Waals surface area contributed by atoms with Gasteiger partial charge in [-0.2, -0.15) is 4.31 Å². The summed E-state index contributed by atoms with van der Waals surface area (Å²) in [7, 11) is -1.28. The first-order valence-corrected chi connectivity index (χ1v) is 22.1. The second-order valence-electron chi connectivity index (χ2n) is 17.8. The SMILES string of the molecule is CC[C@@H]1OC(=O)[C@H](C)[C@H](O[C@H]2C[C@@](C)(OC)[C@@H](O)[C@H](C)O2)[C@H](C)[C@@H](O[C@@H]2O[C@H](C)C[C@H](N(C)S(=O)(=O)c3ccccc3)[C@H]2O)[C@](C)(O)C[C@@H](C)C(=O)[C@@H](C)[C@@H](O)[C@]1(C)O. The van der Waals surface area contributed by atoms with Gasteiger partial charge in [0.15, 0.2) is 12.6 Å². The third-order valence-corrected chi connectivity index (χ3v) is 14.9. The molecule has 5 N–H and O–H groups in total. The van der Waals surface area contributed by atoms with Crippen molar-refractivity contribution in [2.45, 2.75) is 184 Å². The van der Waals surface area contributed by atoms with E-state index in [4.69, 9.17) is 28.4 Å². The Morgan fingerprint density at radius 2 is 1.49 bits per heavy atom. The molecule has 0 bridgehead atoms. The minimum absolute atomic E-state index is 0.0235. The van der Waals surface area contributed by atoms with Crippen LogP contribution in [0, 0.1) is 23.7 Å². The molecule has 3 fully saturated rings. The van der Waals surface area contributed by atoms with Crippen molar-refractivity contribution in [1.29, 1.82) is 0 Å². The van der Waals surface area contributed by atoms with E-state index in [-0.39, 0.29) is 30.6 Å². The lowest BCUT2D eigenvalue weighted by Crippen LogP contribution is -2.61. The van der Waals surface area contributed by atoms with Crippen molar-refractivity contribution < 1.29 is 72.0 Å². The van der Waals surface area contributed by atoms with Crippen molar-refractivity contribution in [2.24, 2.45) is 23.7 Å². The molecule has 0 unspecified atom stereocenters. The third kappa shape index (κ3) is 10.4. The number of likely N-dealkylation sites (N-methyl/N-ethyl adjacent to an activating group) is 1. The van der Waals surface area contributed by atoms with Crippen LogP contribution in [-0.2, 0) is 48.0 Å². The zero-order chi connectivity index (χ0) is 44.6. The van der Waals surface area contributed by atoms with E-state index in [1.165, 1.54) is 54.0 Å². The van der Waals surface area contributed by atoms with E-state index in [2.05, 4.69) is 0 Å². The van der Waals surface area contributed by atoms with Crippen molar-refractivity contribution >= 4 is 21.8 Å². The molecule has 16 nitrogen and oxygen atoms in total. The maximum absolute atomic E-state index is 14.2. The van der Waals surface area contributed by atoms with Gasteiger partial charge in [-0.05, 0) is 72.9 Å². The number of cyclic esters (lactones) is 1. The molecular weight excluding hydrogens is 791 g/mol. The summed E-state index contributed by atoms with van der Waals surface area (Å²) < 4.78 is 65.7. The zero-order valence-corrected chi connectivity index (χ0v) is 37.4. The largest absolute Gasteiger partial charge is 0.459 e. The number of methoxy groups -OCH3 is 1. The van der Waals surface area contributed by atoms with E-state index in [0.29, 0.717) is 0 Å². The van der Waals surface area contributed by atoms with E-state index in [1.54, 1.807) is 59.7 Å². The molecule has 0 saturated carbocycles. The number of ketones is 1. The first kappa shape index (κ1) is 49.5. The van der Waals surface area contributed by atoms with Crippen LogP contribution < -0.4 is 0 Å². The Hall–Kier alpha value is -2.13. The molecule has 4 rings (SSSR count). The van der Waals surface area contributed by atoms with Crippen LogP contribution in [0.25, 0.3) is 0 Å². The topological polar surface area (TPSA) is 228 Å². The van der Waals surface area contributed by atoms with Crippen LogP contribution in [0.15, 0.2) is 35.2 Å². The number of rotatable bonds is 9. The van der Waals surface area contributed by atoms with E-state index in [1.807, 2.05) is 0 Å². The van der Waals surface area contributed by atoms with Crippen LogP contribution in [-0.4, -0.2) is 148 Å². The first-order chi connectivity index (χ1) is 27.2. The summed E-state index contributed by atoms with van der Waals surface area (Å²) in [6, 6.07) is 6.75. The number of sulfonamides is 1. The first-order valence-electron chi connectivity index (χ1n) is 20.7. The Balaban J connectivity index is 1.83. The number of hydrogen-bond acceptors (Lipinski definition) is 15. The average Bonchev–Trinajstić information content (AvgIpc) is 3.18. The normalized spacial score (nSPS) is 44.8. The minimum atomic E-state index is -4.09. The van der Waals surface area contributed by atoms with Gasteiger partial charge in [-0.1, -0.05) is 45.9 Å². The third-order valence-electron chi connectivity index (χ3n) is 13.0. The second kappa shape index (κ2) is 19.1. The highest BCUT2D eigenvalue weighted by molar-refractivity contribution is 7.89. The number of esters is 1. The summed E-state index contributed by atoms with van der Waals surface area (Å²) in [6.07, 6.45) is -12.2. The van der Waals surface area contributed by atoms with E-state index >= 15 is 0 Å². The van der Waals surface area contributed by atoms with Gasteiger partial charge in [0, 0.05) is 38.3 Å². The number of ether oxygens (including phenoxy) is 6. The average molecular weight is 860 g/mol. The molecule has 1 aromatic rings. The molecule has 17 heteroatoms. The number of aliphatic hydroxyl groups excluding tert-OH is 3. The van der Waals surface area contributed by atoms with Crippen LogP contribution >= 0.6 is 0 Å². The molecule has 3 aliphatic heterocycles. The Kier molecular flexibility index (Phi) is 16.0. The molecule has 0 radical (unpaired) electrons. The van der Waals surface area contributed by atoms with Gasteiger partial charge in [0.05, 0.1) is 58.6 Å². The summed E-state index contributed by atoms with van der Waals surface area (Å²) in [5, 5.41) is 58.5. The zero-order valence-electron chi connectivity index (χ0n) is 36.5. The lowest BCUT2D eigenvalue weighted by molar-refractivity contribution is -0.317. The van der Waals surface area contributed by atoms with Crippen LogP contribution in [0.3, 0.4) is 0 Å². The quantitative estimate of drug-likeness (QED) is 0.225. The lowest BCUT2D eigenvalue weighted by Gasteiger charge is -2.49. The highest BCUT2D eigenvalue weighted by atomic mass is 32.2. The fourth-order valence-corrected chi connectivity index (χ4v) is 10.6. The molecular formula is C42H69NO15S. The molecule has 0 aromatic heterocycles. The Morgan fingerprint density at radius 3 is 2.07 bits per heavy atom. The Bertz CT molecular complexity index is 1680. The predicted molar refractivity (Wildman–Crippen MR) is 214 cm³/mol. The van der Waals surface area contributed by atoms with Gasteiger partial charge in [-0.3, -0.25) is 9.59 Å². The number of nitrogens with zero attached hydrogens (tertiary/aromatic N) is 1. The van der Waals surface area contributed by atoms with Gasteiger partial charge in [0.2, 0.25) is 10.0 Å². The molecule has 338 valence electrons. The van der Waals surface area contributed by atoms with Gasteiger partial charge >= 0.3 is 5.97 Å². The number of carbonyl (C=O) groups excluding carboxylic acids is 2. The maximum Gasteiger partial charge on any atom is 0.311 e. The maximum atomic E-state index is 14.2. The molecule has 3 aliphatic rings. The molecule has 0 amide bonds. The van der Waals surface area contributed by atoms with Gasteiger partial charge in [-0.25, -0.2) is 8.42 Å². The molecule has 0 spiro atoms. The molecule has 0 aliphatic carbocycles. The van der Waals surface area contributed by atoms with Gasteiger partial charge in [-0.15, -0.1) is 0 Å². The number of aliphatic hydroxyl groups is 5. The Labute approximate surface area is 349 Å².